The molecule has 0 aromatic heterocycles. The van der Waals surface area contributed by atoms with Crippen molar-refractivity contribution in [2.75, 3.05) is 0 Å². The maximum Gasteiger partial charge on any atom is 0.328 e. The molecule has 2 rings (SSSR count). The van der Waals surface area contributed by atoms with Crippen molar-refractivity contribution in [3.8, 4) is 0 Å². The Hall–Kier alpha value is -2.13. The number of carboxylic acid groups (broad SMARTS) is 1. The Morgan fingerprint density at radius 1 is 1.14 bits per heavy atom. The van der Waals surface area contributed by atoms with Gasteiger partial charge in [-0.25, -0.2) is 4.79 Å². The third kappa shape index (κ3) is 3.31. The first-order valence-electron chi connectivity index (χ1n) is 7.03. The summed E-state index contributed by atoms with van der Waals surface area (Å²) in [5.41, 5.74) is 2.81. The largest absolute Gasteiger partial charge is 0.480 e. The summed E-state index contributed by atoms with van der Waals surface area (Å²) in [5.74, 6) is -0.868. The van der Waals surface area contributed by atoms with Crippen LogP contribution in [0.2, 0.25) is 0 Å². The van der Waals surface area contributed by atoms with Gasteiger partial charge in [0.05, 0.1) is 0 Å². The van der Waals surface area contributed by atoms with Crippen molar-refractivity contribution in [3.05, 3.63) is 70.8 Å². The molecule has 3 heteroatoms. The van der Waals surface area contributed by atoms with Gasteiger partial charge in [0.2, 0.25) is 0 Å². The van der Waals surface area contributed by atoms with E-state index >= 15 is 0 Å². The van der Waals surface area contributed by atoms with Crippen LogP contribution in [0.5, 0.6) is 0 Å². The third-order valence-electron chi connectivity index (χ3n) is 3.85. The smallest absolute Gasteiger partial charge is 0.328 e. The summed E-state index contributed by atoms with van der Waals surface area (Å²) in [4.78, 5) is 11.8. The SMILES string of the molecule is Cc1ccc(C)c(C(C)(NCc2ccccc2)C(=O)O)c1. The van der Waals surface area contributed by atoms with Crippen molar-refractivity contribution >= 4 is 5.97 Å². The number of aliphatic carboxylic acids is 1. The first-order valence-corrected chi connectivity index (χ1v) is 7.03. The van der Waals surface area contributed by atoms with E-state index in [-0.39, 0.29) is 0 Å². The number of hydrogen-bond donors (Lipinski definition) is 2. The zero-order chi connectivity index (χ0) is 15.5. The molecule has 0 heterocycles. The van der Waals surface area contributed by atoms with Gasteiger partial charge in [0.15, 0.2) is 0 Å². The fraction of sp³-hybridized carbons (Fsp3) is 0.278. The maximum absolute atomic E-state index is 11.8. The number of carboxylic acids is 1. The van der Waals surface area contributed by atoms with E-state index in [9.17, 15) is 9.90 Å². The highest BCUT2D eigenvalue weighted by Crippen LogP contribution is 2.26. The molecule has 0 saturated carbocycles. The Balaban J connectivity index is 2.32. The predicted molar refractivity (Wildman–Crippen MR) is 84.2 cm³/mol. The lowest BCUT2D eigenvalue weighted by molar-refractivity contribution is -0.144. The van der Waals surface area contributed by atoms with Gasteiger partial charge in [-0.2, -0.15) is 0 Å². The molecule has 1 atom stereocenters. The zero-order valence-electron chi connectivity index (χ0n) is 12.7. The molecular formula is C18H21NO2. The molecule has 2 aromatic carbocycles. The number of rotatable bonds is 5. The van der Waals surface area contributed by atoms with Crippen molar-refractivity contribution < 1.29 is 9.90 Å². The van der Waals surface area contributed by atoms with E-state index in [0.717, 1.165) is 22.3 Å². The standard InChI is InChI=1S/C18H21NO2/c1-13-9-10-14(2)16(11-13)18(3,17(20)21)19-12-15-7-5-4-6-8-15/h4-11,19H,12H2,1-3H3,(H,20,21). The van der Waals surface area contributed by atoms with Gasteiger partial charge in [0, 0.05) is 6.54 Å². The van der Waals surface area contributed by atoms with Crippen LogP contribution in [0.25, 0.3) is 0 Å². The Bertz CT molecular complexity index is 637. The van der Waals surface area contributed by atoms with Gasteiger partial charge in [-0.1, -0.05) is 54.1 Å². The van der Waals surface area contributed by atoms with Crippen molar-refractivity contribution in [1.29, 1.82) is 0 Å². The maximum atomic E-state index is 11.8. The van der Waals surface area contributed by atoms with Crippen molar-refractivity contribution in [2.24, 2.45) is 0 Å². The monoisotopic (exact) mass is 283 g/mol. The van der Waals surface area contributed by atoms with E-state index in [1.54, 1.807) is 6.92 Å². The number of benzene rings is 2. The lowest BCUT2D eigenvalue weighted by atomic mass is 9.87. The van der Waals surface area contributed by atoms with Gasteiger partial charge in [-0.05, 0) is 37.5 Å². The van der Waals surface area contributed by atoms with Crippen LogP contribution in [0, 0.1) is 13.8 Å². The predicted octanol–water partition coefficient (Wildman–Crippen LogP) is 3.39. The molecule has 0 aliphatic rings. The zero-order valence-corrected chi connectivity index (χ0v) is 12.7. The normalized spacial score (nSPS) is 13.7. The van der Waals surface area contributed by atoms with E-state index in [0.29, 0.717) is 6.54 Å². The molecule has 0 spiro atoms. The minimum Gasteiger partial charge on any atom is -0.480 e. The first kappa shape index (κ1) is 15.3. The van der Waals surface area contributed by atoms with E-state index < -0.39 is 11.5 Å². The summed E-state index contributed by atoms with van der Waals surface area (Å²) in [6, 6.07) is 15.7. The third-order valence-corrected chi connectivity index (χ3v) is 3.85. The van der Waals surface area contributed by atoms with Crippen LogP contribution in [-0.4, -0.2) is 11.1 Å². The summed E-state index contributed by atoms with van der Waals surface area (Å²) < 4.78 is 0. The molecule has 2 aromatic rings. The highest BCUT2D eigenvalue weighted by atomic mass is 16.4. The summed E-state index contributed by atoms with van der Waals surface area (Å²) in [5, 5.41) is 12.9. The molecule has 0 saturated heterocycles. The summed E-state index contributed by atoms with van der Waals surface area (Å²) in [6.45, 7) is 6.15. The second kappa shape index (κ2) is 6.10. The van der Waals surface area contributed by atoms with Gasteiger partial charge in [0.25, 0.3) is 0 Å². The number of aryl methyl sites for hydroxylation is 2. The molecule has 0 amide bonds. The average Bonchev–Trinajstić information content (AvgIpc) is 2.48. The van der Waals surface area contributed by atoms with Crippen LogP contribution < -0.4 is 5.32 Å². The average molecular weight is 283 g/mol. The van der Waals surface area contributed by atoms with Gasteiger partial charge in [-0.3, -0.25) is 5.32 Å². The molecule has 0 fully saturated rings. The van der Waals surface area contributed by atoms with Gasteiger partial charge in [-0.15, -0.1) is 0 Å². The molecule has 1 unspecified atom stereocenters. The molecule has 3 nitrogen and oxygen atoms in total. The van der Waals surface area contributed by atoms with Crippen LogP contribution in [0.4, 0.5) is 0 Å². The second-order valence-corrected chi connectivity index (χ2v) is 5.59. The fourth-order valence-electron chi connectivity index (χ4n) is 2.44. The molecule has 0 bridgehead atoms. The lowest BCUT2D eigenvalue weighted by Gasteiger charge is -2.29. The van der Waals surface area contributed by atoms with Crippen molar-refractivity contribution in [2.45, 2.75) is 32.9 Å². The van der Waals surface area contributed by atoms with Crippen molar-refractivity contribution in [1.82, 2.24) is 5.32 Å². The van der Waals surface area contributed by atoms with Crippen molar-refractivity contribution in [3.63, 3.8) is 0 Å². The van der Waals surface area contributed by atoms with Crippen LogP contribution in [0.15, 0.2) is 48.5 Å². The topological polar surface area (TPSA) is 49.3 Å². The van der Waals surface area contributed by atoms with E-state index in [2.05, 4.69) is 5.32 Å². The minimum atomic E-state index is -1.11. The van der Waals surface area contributed by atoms with Crippen LogP contribution in [-0.2, 0) is 16.9 Å². The molecular weight excluding hydrogens is 262 g/mol. The molecule has 110 valence electrons. The van der Waals surface area contributed by atoms with E-state index in [4.69, 9.17) is 0 Å². The molecule has 0 aliphatic carbocycles. The fourth-order valence-corrected chi connectivity index (χ4v) is 2.44. The van der Waals surface area contributed by atoms with Gasteiger partial charge in [0.1, 0.15) is 5.54 Å². The number of carbonyl (C=O) groups is 1. The molecule has 21 heavy (non-hydrogen) atoms. The summed E-state index contributed by atoms with van der Waals surface area (Å²) in [7, 11) is 0. The van der Waals surface area contributed by atoms with Gasteiger partial charge < -0.3 is 5.11 Å². The Morgan fingerprint density at radius 2 is 1.81 bits per heavy atom. The highest BCUT2D eigenvalue weighted by molar-refractivity contribution is 5.81. The van der Waals surface area contributed by atoms with Crippen LogP contribution in [0.3, 0.4) is 0 Å². The molecule has 2 N–H and O–H groups in total. The second-order valence-electron chi connectivity index (χ2n) is 5.59. The quantitative estimate of drug-likeness (QED) is 0.884. The summed E-state index contributed by atoms with van der Waals surface area (Å²) >= 11 is 0. The lowest BCUT2D eigenvalue weighted by Crippen LogP contribution is -2.46. The van der Waals surface area contributed by atoms with Crippen LogP contribution >= 0.6 is 0 Å². The van der Waals surface area contributed by atoms with E-state index in [1.807, 2.05) is 62.4 Å². The Kier molecular flexibility index (Phi) is 4.43. The Labute approximate surface area is 125 Å². The summed E-state index contributed by atoms with van der Waals surface area (Å²) in [6.07, 6.45) is 0. The highest BCUT2D eigenvalue weighted by Gasteiger charge is 2.35. The van der Waals surface area contributed by atoms with Gasteiger partial charge >= 0.3 is 5.97 Å². The van der Waals surface area contributed by atoms with E-state index in [1.165, 1.54) is 0 Å². The minimum absolute atomic E-state index is 0.511. The number of hydrogen-bond acceptors (Lipinski definition) is 2. The molecule has 0 aliphatic heterocycles. The first-order chi connectivity index (χ1) is 9.93. The number of nitrogens with one attached hydrogen (secondary N) is 1. The van der Waals surface area contributed by atoms with Crippen LogP contribution in [0.1, 0.15) is 29.2 Å². The molecule has 0 radical (unpaired) electrons. The Morgan fingerprint density at radius 3 is 2.43 bits per heavy atom.